The van der Waals surface area contributed by atoms with Crippen molar-refractivity contribution in [2.45, 2.75) is 75.2 Å². The molecule has 70 heavy (non-hydrogen) atoms. The van der Waals surface area contributed by atoms with Crippen LogP contribution in [-0.4, -0.2) is 156 Å². The van der Waals surface area contributed by atoms with Crippen LogP contribution < -0.4 is 24.7 Å². The fourth-order valence-electron chi connectivity index (χ4n) is 8.70. The number of rotatable bonds is 8. The summed E-state index contributed by atoms with van der Waals surface area (Å²) < 4.78 is 70.7. The van der Waals surface area contributed by atoms with E-state index in [-0.39, 0.29) is 29.5 Å². The maximum atomic E-state index is 12.8. The number of fused-ring (bicyclic) bond motifs is 6. The van der Waals surface area contributed by atoms with Gasteiger partial charge in [-0.2, -0.15) is 4.98 Å². The standard InChI is InChI=1S/C24H28N4O4S.C14H20ClN3O4S.C10H10BNO2/c1-15-12-31-13-19-14-32-20-21(24(2,3)33(4,29)30)26-22(27-23(20)28(15)19)17-7-5-16(6-8-17)18-9-10-25-11-18;1-8-5-21-6-9-7-22-10-11(14(2,3)23(4,19)20)16-13(15)17-12(10)18(8)9;13-11(14)10-3-1-8(2-4-10)9-5-6-12-7-9/h5-10,15,19H,11-14H2,1-4H3;8-9H,5-7H2,1-4H3;1-6,13-14H,7H2/t15-,19+;8-,9+;/m11./s1. The van der Waals surface area contributed by atoms with Crippen molar-refractivity contribution in [2.24, 2.45) is 9.98 Å². The number of hydrogen-bond acceptors (Lipinski definition) is 18. The van der Waals surface area contributed by atoms with Gasteiger partial charge < -0.3 is 38.8 Å². The van der Waals surface area contributed by atoms with Crippen LogP contribution in [0.1, 0.15) is 64.1 Å². The fraction of sp³-hybridized carbons (Fsp3) is 0.458. The number of hydrogen-bond donors (Lipinski definition) is 2. The Bertz CT molecular complexity index is 2970. The maximum absolute atomic E-state index is 12.8. The van der Waals surface area contributed by atoms with Crippen molar-refractivity contribution in [3.05, 3.63) is 88.5 Å². The van der Waals surface area contributed by atoms with Crippen LogP contribution in [0.5, 0.6) is 11.5 Å². The van der Waals surface area contributed by atoms with E-state index >= 15 is 0 Å². The molecule has 4 atom stereocenters. The number of morpholine rings is 2. The van der Waals surface area contributed by atoms with Gasteiger partial charge >= 0.3 is 7.12 Å². The monoisotopic (exact) mass is 1020 g/mol. The van der Waals surface area contributed by atoms with Crippen LogP contribution in [-0.2, 0) is 38.6 Å². The summed E-state index contributed by atoms with van der Waals surface area (Å²) in [5.74, 6) is 2.50. The number of sulfone groups is 2. The summed E-state index contributed by atoms with van der Waals surface area (Å²) in [5, 5.41) is 17.8. The maximum Gasteiger partial charge on any atom is 0.488 e. The first-order chi connectivity index (χ1) is 33.1. The van der Waals surface area contributed by atoms with Gasteiger partial charge in [0.25, 0.3) is 0 Å². The lowest BCUT2D eigenvalue weighted by molar-refractivity contribution is 0.0482. The first-order valence-electron chi connectivity index (χ1n) is 22.9. The third-order valence-corrected chi connectivity index (χ3v) is 17.7. The molecule has 4 aromatic rings. The van der Waals surface area contributed by atoms with Crippen molar-refractivity contribution in [3.63, 3.8) is 0 Å². The van der Waals surface area contributed by atoms with Crippen molar-refractivity contribution >= 4 is 79.1 Å². The topological polar surface area (TPSA) is 228 Å². The van der Waals surface area contributed by atoms with Crippen LogP contribution in [0.2, 0.25) is 5.28 Å². The van der Waals surface area contributed by atoms with Gasteiger partial charge in [-0.05, 0) is 93.0 Å². The zero-order valence-corrected chi connectivity index (χ0v) is 42.8. The smallest absolute Gasteiger partial charge is 0.486 e. The van der Waals surface area contributed by atoms with Crippen molar-refractivity contribution in [1.29, 1.82) is 0 Å². The second-order valence-corrected chi connectivity index (χ2v) is 24.5. The van der Waals surface area contributed by atoms with Gasteiger partial charge in [0.2, 0.25) is 5.28 Å². The van der Waals surface area contributed by atoms with E-state index in [0.29, 0.717) is 98.5 Å². The lowest BCUT2D eigenvalue weighted by atomic mass is 9.80. The predicted octanol–water partition coefficient (Wildman–Crippen LogP) is 4.11. The predicted molar refractivity (Wildman–Crippen MR) is 273 cm³/mol. The molecule has 0 amide bonds. The molecule has 0 unspecified atom stereocenters. The molecule has 0 radical (unpaired) electrons. The molecular formula is C48H58BClN8O10S2. The number of allylic oxidation sites excluding steroid dienone is 2. The molecule has 0 aliphatic carbocycles. The molecule has 22 heteroatoms. The Balaban J connectivity index is 0.000000154. The number of halogens is 1. The molecule has 2 aromatic heterocycles. The van der Waals surface area contributed by atoms with Gasteiger partial charge in [-0.15, -0.1) is 0 Å². The second-order valence-electron chi connectivity index (χ2n) is 19.1. The molecule has 0 saturated carbocycles. The van der Waals surface area contributed by atoms with Crippen molar-refractivity contribution in [2.75, 3.05) is 75.0 Å². The van der Waals surface area contributed by atoms with Crippen LogP contribution in [0, 0.1) is 0 Å². The third-order valence-electron chi connectivity index (χ3n) is 13.4. The number of anilines is 2. The van der Waals surface area contributed by atoms with E-state index in [0.717, 1.165) is 27.8 Å². The van der Waals surface area contributed by atoms with Gasteiger partial charge in [0.15, 0.2) is 48.6 Å². The molecule has 18 nitrogen and oxygen atoms in total. The van der Waals surface area contributed by atoms with Crippen molar-refractivity contribution in [3.8, 4) is 22.9 Å². The molecular weight excluding hydrogens is 959 g/mol. The highest BCUT2D eigenvalue weighted by Gasteiger charge is 2.45. The van der Waals surface area contributed by atoms with E-state index in [9.17, 15) is 16.8 Å². The fourth-order valence-corrected chi connectivity index (χ4v) is 9.85. The number of aromatic nitrogens is 4. The van der Waals surface area contributed by atoms with Gasteiger partial charge in [-0.25, -0.2) is 31.8 Å². The first-order valence-corrected chi connectivity index (χ1v) is 27.1. The number of ether oxygens (including phenoxy) is 4. The van der Waals surface area contributed by atoms with E-state index in [2.05, 4.69) is 36.7 Å². The van der Waals surface area contributed by atoms with E-state index < -0.39 is 36.3 Å². The minimum Gasteiger partial charge on any atom is -0.486 e. The number of aliphatic imine (C=N–C) groups is 2. The Morgan fingerprint density at radius 3 is 1.47 bits per heavy atom. The summed E-state index contributed by atoms with van der Waals surface area (Å²) in [7, 11) is -8.29. The van der Waals surface area contributed by atoms with E-state index in [1.807, 2.05) is 61.7 Å². The highest BCUT2D eigenvalue weighted by molar-refractivity contribution is 7.91. The van der Waals surface area contributed by atoms with Crippen LogP contribution in [0.3, 0.4) is 0 Å². The quantitative estimate of drug-likeness (QED) is 0.187. The summed E-state index contributed by atoms with van der Waals surface area (Å²) in [6.45, 7) is 15.0. The zero-order chi connectivity index (χ0) is 50.3. The van der Waals surface area contributed by atoms with Gasteiger partial charge in [-0.3, -0.25) is 9.98 Å². The molecule has 6 aliphatic heterocycles. The summed E-state index contributed by atoms with van der Waals surface area (Å²) >= 11 is 6.09. The minimum absolute atomic E-state index is 0.0124. The molecule has 2 saturated heterocycles. The molecule has 2 N–H and O–H groups in total. The molecule has 2 fully saturated rings. The Hall–Kier alpha value is -5.29. The lowest BCUT2D eigenvalue weighted by Gasteiger charge is -2.45. The van der Waals surface area contributed by atoms with Crippen LogP contribution in [0.15, 0.2) is 70.7 Å². The Kier molecular flexibility index (Phi) is 14.7. The highest BCUT2D eigenvalue weighted by Crippen LogP contribution is 2.46. The van der Waals surface area contributed by atoms with Crippen LogP contribution >= 0.6 is 11.6 Å². The Morgan fingerprint density at radius 1 is 0.614 bits per heavy atom. The van der Waals surface area contributed by atoms with E-state index in [1.165, 1.54) is 12.5 Å². The van der Waals surface area contributed by atoms with Crippen molar-refractivity contribution < 1.29 is 45.8 Å². The molecule has 10 rings (SSSR count). The third kappa shape index (κ3) is 10.2. The van der Waals surface area contributed by atoms with Gasteiger partial charge in [0.1, 0.15) is 34.1 Å². The molecule has 0 bridgehead atoms. The molecule has 6 aliphatic rings. The Labute approximate surface area is 414 Å². The van der Waals surface area contributed by atoms with E-state index in [1.54, 1.807) is 46.0 Å². The number of benzene rings is 2. The zero-order valence-electron chi connectivity index (χ0n) is 40.4. The largest absolute Gasteiger partial charge is 0.488 e. The SMILES string of the molecule is C[C@@H]1COC[C@H]2COc3c(nc(-c4ccc(C5=CC=NC5)cc4)nc3C(C)(C)S(C)(=O)=O)N21.C[C@@H]1COC[C@H]2COc3c(nc(Cl)nc3C(C)(C)S(C)(=O)=O)N21.OB(O)c1ccc(C2=CC=NC2)cc1. The highest BCUT2D eigenvalue weighted by atomic mass is 35.5. The van der Waals surface area contributed by atoms with Crippen molar-refractivity contribution in [1.82, 2.24) is 19.9 Å². The average Bonchev–Trinajstić information content (AvgIpc) is 4.07. The van der Waals surface area contributed by atoms with Crippen LogP contribution in [0.25, 0.3) is 22.5 Å². The van der Waals surface area contributed by atoms with E-state index in [4.69, 9.17) is 50.6 Å². The van der Waals surface area contributed by atoms with Gasteiger partial charge in [0, 0.05) is 30.5 Å². The Morgan fingerprint density at radius 2 is 1.04 bits per heavy atom. The summed E-state index contributed by atoms with van der Waals surface area (Å²) in [6, 6.07) is 15.4. The summed E-state index contributed by atoms with van der Waals surface area (Å²) in [5.41, 5.74) is 6.49. The number of nitrogens with zero attached hydrogens (tertiary/aromatic N) is 8. The molecule has 8 heterocycles. The molecule has 0 spiro atoms. The lowest BCUT2D eigenvalue weighted by Crippen LogP contribution is -2.56. The molecule has 372 valence electrons. The van der Waals surface area contributed by atoms with Gasteiger partial charge in [-0.1, -0.05) is 48.5 Å². The summed E-state index contributed by atoms with van der Waals surface area (Å²) in [4.78, 5) is 30.8. The van der Waals surface area contributed by atoms with Crippen LogP contribution in [0.4, 0.5) is 11.6 Å². The average molecular weight is 1020 g/mol. The second kappa shape index (κ2) is 20.1. The van der Waals surface area contributed by atoms with Gasteiger partial charge in [0.05, 0.1) is 63.7 Å². The summed E-state index contributed by atoms with van der Waals surface area (Å²) in [6.07, 6.45) is 9.98. The molecule has 2 aromatic carbocycles. The minimum atomic E-state index is -3.48. The normalized spacial score (nSPS) is 21.5. The first kappa shape index (κ1) is 51.1.